The number of likely N-dealkylation sites (tertiary alicyclic amines) is 1. The Balaban J connectivity index is 1.89. The molecule has 1 amide bonds. The third-order valence-electron chi connectivity index (χ3n) is 3.57. The van der Waals surface area contributed by atoms with Crippen molar-refractivity contribution >= 4 is 17.7 Å². The smallest absolute Gasteiger partial charge is 0.263 e. The first-order valence-electron chi connectivity index (χ1n) is 6.95. The molecule has 20 heavy (non-hydrogen) atoms. The van der Waals surface area contributed by atoms with Crippen molar-refractivity contribution in [3.63, 3.8) is 0 Å². The Morgan fingerprint density at radius 3 is 2.50 bits per heavy atom. The minimum Gasteiger partial charge on any atom is -0.481 e. The SMILES string of the molecule is CSc1ccc(OC(C)C(=O)N2CCC(N)CC2)cc1. The molecule has 1 unspecified atom stereocenters. The van der Waals surface area contributed by atoms with Gasteiger partial charge in [-0.2, -0.15) is 0 Å². The van der Waals surface area contributed by atoms with E-state index in [-0.39, 0.29) is 11.9 Å². The van der Waals surface area contributed by atoms with Crippen LogP contribution in [-0.2, 0) is 4.79 Å². The van der Waals surface area contributed by atoms with Crippen molar-refractivity contribution < 1.29 is 9.53 Å². The molecule has 1 aliphatic rings. The van der Waals surface area contributed by atoms with Gasteiger partial charge in [0.05, 0.1) is 0 Å². The second-order valence-corrected chi connectivity index (χ2v) is 5.98. The zero-order chi connectivity index (χ0) is 14.5. The lowest BCUT2D eigenvalue weighted by atomic mass is 10.1. The van der Waals surface area contributed by atoms with Crippen LogP contribution in [0.1, 0.15) is 19.8 Å². The molecule has 1 fully saturated rings. The largest absolute Gasteiger partial charge is 0.481 e. The fourth-order valence-electron chi connectivity index (χ4n) is 2.29. The highest BCUT2D eigenvalue weighted by atomic mass is 32.2. The van der Waals surface area contributed by atoms with Gasteiger partial charge in [-0.1, -0.05) is 0 Å². The first-order valence-corrected chi connectivity index (χ1v) is 8.17. The van der Waals surface area contributed by atoms with Crippen molar-refractivity contribution in [3.05, 3.63) is 24.3 Å². The monoisotopic (exact) mass is 294 g/mol. The lowest BCUT2D eigenvalue weighted by Gasteiger charge is -2.32. The van der Waals surface area contributed by atoms with Crippen LogP contribution < -0.4 is 10.5 Å². The average molecular weight is 294 g/mol. The lowest BCUT2D eigenvalue weighted by Crippen LogP contribution is -2.47. The number of piperidine rings is 1. The van der Waals surface area contributed by atoms with Gasteiger partial charge >= 0.3 is 0 Å². The summed E-state index contributed by atoms with van der Waals surface area (Å²) in [5.41, 5.74) is 5.85. The van der Waals surface area contributed by atoms with Crippen LogP contribution in [0.4, 0.5) is 0 Å². The van der Waals surface area contributed by atoms with Crippen LogP contribution in [0.5, 0.6) is 5.75 Å². The number of hydrogen-bond acceptors (Lipinski definition) is 4. The van der Waals surface area contributed by atoms with Crippen molar-refractivity contribution in [2.45, 2.75) is 36.8 Å². The van der Waals surface area contributed by atoms with E-state index in [9.17, 15) is 4.79 Å². The first kappa shape index (κ1) is 15.2. The molecule has 0 radical (unpaired) electrons. The number of nitrogens with two attached hydrogens (primary N) is 1. The second-order valence-electron chi connectivity index (χ2n) is 5.10. The summed E-state index contributed by atoms with van der Waals surface area (Å²) in [5.74, 6) is 0.781. The Kier molecular flexibility index (Phi) is 5.31. The molecule has 2 N–H and O–H groups in total. The summed E-state index contributed by atoms with van der Waals surface area (Å²) in [7, 11) is 0. The minimum absolute atomic E-state index is 0.0471. The summed E-state index contributed by atoms with van der Waals surface area (Å²) >= 11 is 1.68. The lowest BCUT2D eigenvalue weighted by molar-refractivity contribution is -0.139. The number of benzene rings is 1. The van der Waals surface area contributed by atoms with Gasteiger partial charge in [0, 0.05) is 24.0 Å². The second kappa shape index (κ2) is 6.99. The molecule has 0 saturated carbocycles. The number of thioether (sulfide) groups is 1. The maximum Gasteiger partial charge on any atom is 0.263 e. The standard InChI is InChI=1S/C15H22N2O2S/c1-11(15(18)17-9-7-12(16)8-10-17)19-13-3-5-14(20-2)6-4-13/h3-6,11-12H,7-10,16H2,1-2H3. The molecule has 0 spiro atoms. The molecule has 0 bridgehead atoms. The van der Waals surface area contributed by atoms with Gasteiger partial charge in [0.15, 0.2) is 6.10 Å². The Hall–Kier alpha value is -1.20. The van der Waals surface area contributed by atoms with Crippen molar-refractivity contribution in [2.24, 2.45) is 5.73 Å². The van der Waals surface area contributed by atoms with Crippen molar-refractivity contribution in [2.75, 3.05) is 19.3 Å². The number of rotatable bonds is 4. The van der Waals surface area contributed by atoms with Crippen LogP contribution in [0.25, 0.3) is 0 Å². The van der Waals surface area contributed by atoms with E-state index in [0.717, 1.165) is 31.7 Å². The first-order chi connectivity index (χ1) is 9.60. The van der Waals surface area contributed by atoms with Gasteiger partial charge in [-0.05, 0) is 50.3 Å². The molecule has 0 aliphatic carbocycles. The molecular weight excluding hydrogens is 272 g/mol. The van der Waals surface area contributed by atoms with E-state index >= 15 is 0 Å². The highest BCUT2D eigenvalue weighted by molar-refractivity contribution is 7.98. The summed E-state index contributed by atoms with van der Waals surface area (Å²) in [6.07, 6.45) is 3.33. The third-order valence-corrected chi connectivity index (χ3v) is 4.31. The van der Waals surface area contributed by atoms with Gasteiger partial charge in [-0.3, -0.25) is 4.79 Å². The molecule has 1 saturated heterocycles. The van der Waals surface area contributed by atoms with Crippen molar-refractivity contribution in [1.82, 2.24) is 4.90 Å². The van der Waals surface area contributed by atoms with E-state index in [1.807, 2.05) is 35.4 Å². The molecule has 2 rings (SSSR count). The summed E-state index contributed by atoms with van der Waals surface area (Å²) < 4.78 is 5.72. The molecule has 5 heteroatoms. The molecular formula is C15H22N2O2S. The molecule has 1 aromatic rings. The average Bonchev–Trinajstić information content (AvgIpc) is 2.48. The topological polar surface area (TPSA) is 55.6 Å². The highest BCUT2D eigenvalue weighted by Gasteiger charge is 2.25. The van der Waals surface area contributed by atoms with E-state index < -0.39 is 6.10 Å². The minimum atomic E-state index is -0.454. The number of amides is 1. The zero-order valence-electron chi connectivity index (χ0n) is 12.0. The Morgan fingerprint density at radius 2 is 1.95 bits per heavy atom. The Morgan fingerprint density at radius 1 is 1.35 bits per heavy atom. The molecule has 1 aliphatic heterocycles. The highest BCUT2D eigenvalue weighted by Crippen LogP contribution is 2.20. The van der Waals surface area contributed by atoms with E-state index in [0.29, 0.717) is 0 Å². The van der Waals surface area contributed by atoms with E-state index in [1.165, 1.54) is 4.90 Å². The molecule has 1 heterocycles. The molecule has 110 valence electrons. The molecule has 1 aromatic carbocycles. The zero-order valence-corrected chi connectivity index (χ0v) is 12.9. The fourth-order valence-corrected chi connectivity index (χ4v) is 2.69. The predicted molar refractivity (Wildman–Crippen MR) is 82.1 cm³/mol. The number of ether oxygens (including phenoxy) is 1. The summed E-state index contributed by atoms with van der Waals surface area (Å²) in [5, 5.41) is 0. The summed E-state index contributed by atoms with van der Waals surface area (Å²) in [6, 6.07) is 8.03. The Labute approximate surface area is 124 Å². The van der Waals surface area contributed by atoms with E-state index in [2.05, 4.69) is 0 Å². The number of carbonyl (C=O) groups is 1. The van der Waals surface area contributed by atoms with Crippen LogP contribution in [0.2, 0.25) is 0 Å². The maximum atomic E-state index is 12.3. The van der Waals surface area contributed by atoms with Gasteiger partial charge < -0.3 is 15.4 Å². The predicted octanol–water partition coefficient (Wildman–Crippen LogP) is 2.13. The number of hydrogen-bond donors (Lipinski definition) is 1. The van der Waals surface area contributed by atoms with Gasteiger partial charge in [0.2, 0.25) is 0 Å². The van der Waals surface area contributed by atoms with Gasteiger partial charge in [-0.15, -0.1) is 11.8 Å². The van der Waals surface area contributed by atoms with Crippen LogP contribution in [-0.4, -0.2) is 42.3 Å². The van der Waals surface area contributed by atoms with Gasteiger partial charge in [0.25, 0.3) is 5.91 Å². The quantitative estimate of drug-likeness (QED) is 0.864. The fraction of sp³-hybridized carbons (Fsp3) is 0.533. The summed E-state index contributed by atoms with van der Waals surface area (Å²) in [6.45, 7) is 3.28. The maximum absolute atomic E-state index is 12.3. The van der Waals surface area contributed by atoms with Gasteiger partial charge in [-0.25, -0.2) is 0 Å². The third kappa shape index (κ3) is 3.90. The molecule has 4 nitrogen and oxygen atoms in total. The summed E-state index contributed by atoms with van der Waals surface area (Å²) in [4.78, 5) is 15.3. The Bertz CT molecular complexity index is 442. The van der Waals surface area contributed by atoms with Crippen LogP contribution in [0.15, 0.2) is 29.2 Å². The normalized spacial score (nSPS) is 17.9. The van der Waals surface area contributed by atoms with Crippen LogP contribution >= 0.6 is 11.8 Å². The van der Waals surface area contributed by atoms with E-state index in [1.54, 1.807) is 18.7 Å². The van der Waals surface area contributed by atoms with E-state index in [4.69, 9.17) is 10.5 Å². The number of nitrogens with zero attached hydrogens (tertiary/aromatic N) is 1. The van der Waals surface area contributed by atoms with Crippen molar-refractivity contribution in [1.29, 1.82) is 0 Å². The molecule has 0 aromatic heterocycles. The molecule has 1 atom stereocenters. The van der Waals surface area contributed by atoms with Gasteiger partial charge in [0.1, 0.15) is 5.75 Å². The van der Waals surface area contributed by atoms with Crippen LogP contribution in [0.3, 0.4) is 0 Å². The van der Waals surface area contributed by atoms with Crippen LogP contribution in [0, 0.1) is 0 Å². The number of carbonyl (C=O) groups excluding carboxylic acids is 1. The van der Waals surface area contributed by atoms with Crippen molar-refractivity contribution in [3.8, 4) is 5.75 Å².